The molecule has 19 heavy (non-hydrogen) atoms. The number of carbonyl (C=O) groups excluding carboxylic acids is 1. The number of carbonyl (C=O) groups is 2. The lowest BCUT2D eigenvalue weighted by atomic mass is 10.1. The molecule has 0 saturated carbocycles. The van der Waals surface area contributed by atoms with Crippen LogP contribution in [-0.4, -0.2) is 35.2 Å². The summed E-state index contributed by atoms with van der Waals surface area (Å²) in [5.74, 6) is -1.83. The van der Waals surface area contributed by atoms with Gasteiger partial charge in [-0.2, -0.15) is 0 Å². The van der Waals surface area contributed by atoms with Gasteiger partial charge < -0.3 is 15.5 Å². The minimum Gasteiger partial charge on any atom is -0.478 e. The Morgan fingerprint density at radius 2 is 1.42 bits per heavy atom. The summed E-state index contributed by atoms with van der Waals surface area (Å²) in [6.45, 7) is -0.194. The molecular formula is C10H7Br4NO4. The van der Waals surface area contributed by atoms with Gasteiger partial charge in [0.1, 0.15) is 0 Å². The smallest absolute Gasteiger partial charge is 0.337 e. The normalized spacial score (nSPS) is 10.4. The number of rotatable bonds is 4. The predicted octanol–water partition coefficient (Wildman–Crippen LogP) is 3.16. The first-order valence-electron chi connectivity index (χ1n) is 4.81. The van der Waals surface area contributed by atoms with Gasteiger partial charge in [0, 0.05) is 24.4 Å². The first-order chi connectivity index (χ1) is 8.82. The SMILES string of the molecule is O=C(O)c1c(Br)c(Br)c(Br)c(Br)c1C(=O)NCCO. The van der Waals surface area contributed by atoms with Crippen molar-refractivity contribution >= 4 is 75.6 Å². The summed E-state index contributed by atoms with van der Waals surface area (Å²) in [4.78, 5) is 23.3. The molecule has 1 aromatic rings. The number of nitrogens with one attached hydrogen (secondary N) is 1. The topological polar surface area (TPSA) is 86.6 Å². The zero-order valence-corrected chi connectivity index (χ0v) is 15.5. The Hall–Kier alpha value is 0.0400. The first-order valence-corrected chi connectivity index (χ1v) is 7.98. The highest BCUT2D eigenvalue weighted by atomic mass is 79.9. The number of hydrogen-bond acceptors (Lipinski definition) is 3. The van der Waals surface area contributed by atoms with Crippen LogP contribution < -0.4 is 5.32 Å². The van der Waals surface area contributed by atoms with E-state index in [9.17, 15) is 14.7 Å². The van der Waals surface area contributed by atoms with Crippen LogP contribution in [0.4, 0.5) is 0 Å². The molecule has 0 saturated heterocycles. The van der Waals surface area contributed by atoms with Crippen molar-refractivity contribution in [3.8, 4) is 0 Å². The zero-order valence-electron chi connectivity index (χ0n) is 9.14. The maximum absolute atomic E-state index is 12.0. The van der Waals surface area contributed by atoms with Gasteiger partial charge in [-0.1, -0.05) is 0 Å². The van der Waals surface area contributed by atoms with E-state index >= 15 is 0 Å². The van der Waals surface area contributed by atoms with E-state index in [1.165, 1.54) is 0 Å². The van der Waals surface area contributed by atoms with Gasteiger partial charge >= 0.3 is 5.97 Å². The van der Waals surface area contributed by atoms with Crippen LogP contribution in [0.2, 0.25) is 0 Å². The molecular weight excluding hydrogens is 518 g/mol. The number of halogens is 4. The second-order valence-corrected chi connectivity index (χ2v) is 6.46. The lowest BCUT2D eigenvalue weighted by Crippen LogP contribution is -2.28. The van der Waals surface area contributed by atoms with E-state index in [0.717, 1.165) is 0 Å². The van der Waals surface area contributed by atoms with Crippen LogP contribution in [0.5, 0.6) is 0 Å². The van der Waals surface area contributed by atoms with E-state index in [4.69, 9.17) is 5.11 Å². The van der Waals surface area contributed by atoms with Gasteiger partial charge in [0.2, 0.25) is 0 Å². The van der Waals surface area contributed by atoms with Crippen molar-refractivity contribution < 1.29 is 19.8 Å². The molecule has 0 aromatic heterocycles. The number of benzene rings is 1. The van der Waals surface area contributed by atoms with Crippen molar-refractivity contribution in [3.63, 3.8) is 0 Å². The molecule has 104 valence electrons. The van der Waals surface area contributed by atoms with E-state index < -0.39 is 11.9 Å². The van der Waals surface area contributed by atoms with Gasteiger partial charge in [-0.05, 0) is 63.7 Å². The molecule has 0 aliphatic rings. The number of aromatic carboxylic acids is 1. The third kappa shape index (κ3) is 3.57. The molecule has 0 aliphatic carbocycles. The minimum absolute atomic E-state index is 0.0251. The number of hydrogen-bond donors (Lipinski definition) is 3. The third-order valence-corrected chi connectivity index (χ3v) is 6.87. The zero-order chi connectivity index (χ0) is 14.7. The van der Waals surface area contributed by atoms with Gasteiger partial charge in [0.05, 0.1) is 17.7 Å². The highest BCUT2D eigenvalue weighted by Crippen LogP contribution is 2.42. The molecule has 0 bridgehead atoms. The van der Waals surface area contributed by atoms with Crippen LogP contribution in [0, 0.1) is 0 Å². The molecule has 1 amide bonds. The van der Waals surface area contributed by atoms with Gasteiger partial charge in [0.15, 0.2) is 0 Å². The fraction of sp³-hybridized carbons (Fsp3) is 0.200. The summed E-state index contributed by atoms with van der Waals surface area (Å²) in [7, 11) is 0. The summed E-state index contributed by atoms with van der Waals surface area (Å²) in [6.07, 6.45) is 0. The molecule has 0 heterocycles. The van der Waals surface area contributed by atoms with Gasteiger partial charge in [0.25, 0.3) is 5.91 Å². The highest BCUT2D eigenvalue weighted by Gasteiger charge is 2.27. The molecule has 0 unspecified atom stereocenters. The molecule has 0 atom stereocenters. The summed E-state index contributed by atoms with van der Waals surface area (Å²) < 4.78 is 1.56. The van der Waals surface area contributed by atoms with Gasteiger partial charge in [-0.25, -0.2) is 4.79 Å². The summed E-state index contributed by atoms with van der Waals surface area (Å²) in [5, 5.41) is 20.4. The largest absolute Gasteiger partial charge is 0.478 e. The molecule has 5 nitrogen and oxygen atoms in total. The Balaban J connectivity index is 3.52. The monoisotopic (exact) mass is 521 g/mol. The molecule has 0 spiro atoms. The first kappa shape index (κ1) is 17.1. The van der Waals surface area contributed by atoms with Gasteiger partial charge in [-0.15, -0.1) is 0 Å². The van der Waals surface area contributed by atoms with Crippen LogP contribution in [0.1, 0.15) is 20.7 Å². The fourth-order valence-electron chi connectivity index (χ4n) is 1.30. The van der Waals surface area contributed by atoms with Crippen LogP contribution in [0.15, 0.2) is 17.9 Å². The quantitative estimate of drug-likeness (QED) is 0.417. The Bertz CT molecular complexity index is 547. The Morgan fingerprint density at radius 3 is 1.84 bits per heavy atom. The summed E-state index contributed by atoms with van der Waals surface area (Å²) >= 11 is 12.8. The van der Waals surface area contributed by atoms with E-state index in [1.54, 1.807) is 0 Å². The van der Waals surface area contributed by atoms with Crippen molar-refractivity contribution in [1.29, 1.82) is 0 Å². The van der Waals surface area contributed by atoms with E-state index in [-0.39, 0.29) is 28.8 Å². The average Bonchev–Trinajstić information content (AvgIpc) is 2.36. The summed E-state index contributed by atoms with van der Waals surface area (Å²) in [5.41, 5.74) is -0.194. The number of amides is 1. The Morgan fingerprint density at radius 1 is 0.947 bits per heavy atom. The molecule has 0 aliphatic heterocycles. The number of aliphatic hydroxyl groups is 1. The summed E-state index contributed by atoms with van der Waals surface area (Å²) in [6, 6.07) is 0. The van der Waals surface area contributed by atoms with Crippen LogP contribution >= 0.6 is 63.7 Å². The van der Waals surface area contributed by atoms with Crippen molar-refractivity contribution in [2.45, 2.75) is 0 Å². The lowest BCUT2D eigenvalue weighted by molar-refractivity contribution is 0.0689. The van der Waals surface area contributed by atoms with Crippen molar-refractivity contribution in [3.05, 3.63) is 29.0 Å². The number of carboxylic acid groups (broad SMARTS) is 1. The van der Waals surface area contributed by atoms with Crippen LogP contribution in [0.3, 0.4) is 0 Å². The Kier molecular flexibility index (Phi) is 6.44. The van der Waals surface area contributed by atoms with E-state index in [2.05, 4.69) is 69.0 Å². The van der Waals surface area contributed by atoms with E-state index in [1.807, 2.05) is 0 Å². The van der Waals surface area contributed by atoms with Crippen molar-refractivity contribution in [1.82, 2.24) is 5.32 Å². The average molecular weight is 525 g/mol. The molecule has 0 fully saturated rings. The third-order valence-electron chi connectivity index (χ3n) is 2.11. The second kappa shape index (κ2) is 7.16. The standard InChI is InChI=1S/C10H7Br4NO4/c11-5-3(9(17)15-1-2-16)4(10(18)19)6(12)8(14)7(5)13/h16H,1-2H2,(H,15,17)(H,18,19). The molecule has 9 heteroatoms. The molecule has 1 aromatic carbocycles. The predicted molar refractivity (Wildman–Crippen MR) is 83.6 cm³/mol. The number of aliphatic hydroxyl groups excluding tert-OH is 1. The molecule has 0 radical (unpaired) electrons. The lowest BCUT2D eigenvalue weighted by Gasteiger charge is -2.14. The van der Waals surface area contributed by atoms with Crippen LogP contribution in [-0.2, 0) is 0 Å². The molecule has 1 rings (SSSR count). The van der Waals surface area contributed by atoms with Crippen LogP contribution in [0.25, 0.3) is 0 Å². The second-order valence-electron chi connectivity index (χ2n) is 3.29. The maximum atomic E-state index is 12.0. The highest BCUT2D eigenvalue weighted by molar-refractivity contribution is 9.15. The van der Waals surface area contributed by atoms with Gasteiger partial charge in [-0.3, -0.25) is 4.79 Å². The maximum Gasteiger partial charge on any atom is 0.337 e. The van der Waals surface area contributed by atoms with Crippen molar-refractivity contribution in [2.75, 3.05) is 13.2 Å². The van der Waals surface area contributed by atoms with Crippen molar-refractivity contribution in [2.24, 2.45) is 0 Å². The molecule has 3 N–H and O–H groups in total. The minimum atomic E-state index is -1.24. The Labute approximate surface area is 142 Å². The van der Waals surface area contributed by atoms with E-state index in [0.29, 0.717) is 13.4 Å². The number of carboxylic acids is 1. The fourth-order valence-corrected chi connectivity index (χ4v) is 3.77.